The molecule has 1 atom stereocenters. The number of halogens is 2. The van der Waals surface area contributed by atoms with Crippen molar-refractivity contribution in [3.05, 3.63) is 69.2 Å². The van der Waals surface area contributed by atoms with Crippen LogP contribution < -0.4 is 5.32 Å². The Bertz CT molecular complexity index is 556. The highest BCUT2D eigenvalue weighted by Crippen LogP contribution is 2.28. The molecule has 1 unspecified atom stereocenters. The maximum absolute atomic E-state index is 6.10. The molecule has 112 valence electrons. The third-order valence-electron chi connectivity index (χ3n) is 3.55. The number of hydrogen-bond acceptors (Lipinski definition) is 1. The van der Waals surface area contributed by atoms with Crippen LogP contribution in [0.2, 0.25) is 5.02 Å². The Hall–Kier alpha value is -0.830. The highest BCUT2D eigenvalue weighted by molar-refractivity contribution is 9.10. The summed E-state index contributed by atoms with van der Waals surface area (Å²) in [4.78, 5) is 0. The molecule has 1 nitrogen and oxygen atoms in total. The summed E-state index contributed by atoms with van der Waals surface area (Å²) in [6.45, 7) is 3.22. The standard InChI is InChI=1S/C18H21BrClN/c1-2-12-21-18(11-8-14-6-4-3-5-7-14)15-9-10-17(20)16(19)13-15/h3-7,9-10,13,18,21H,2,8,11-12H2,1H3. The minimum absolute atomic E-state index is 0.360. The van der Waals surface area contributed by atoms with E-state index in [0.29, 0.717) is 6.04 Å². The number of rotatable bonds is 7. The lowest BCUT2D eigenvalue weighted by atomic mass is 9.99. The lowest BCUT2D eigenvalue weighted by molar-refractivity contribution is 0.499. The van der Waals surface area contributed by atoms with E-state index in [0.717, 1.165) is 35.3 Å². The first-order valence-corrected chi connectivity index (χ1v) is 8.60. The molecule has 0 aliphatic heterocycles. The summed E-state index contributed by atoms with van der Waals surface area (Å²) < 4.78 is 0.963. The van der Waals surface area contributed by atoms with Crippen LogP contribution in [0.4, 0.5) is 0 Å². The summed E-state index contributed by atoms with van der Waals surface area (Å²) in [7, 11) is 0. The molecule has 2 aromatic rings. The van der Waals surface area contributed by atoms with Gasteiger partial charge in [0.15, 0.2) is 0 Å². The van der Waals surface area contributed by atoms with Gasteiger partial charge in [0.05, 0.1) is 5.02 Å². The second-order valence-corrected chi connectivity index (χ2v) is 6.47. The molecule has 2 aromatic carbocycles. The molecule has 0 fully saturated rings. The van der Waals surface area contributed by atoms with E-state index in [9.17, 15) is 0 Å². The van der Waals surface area contributed by atoms with Gasteiger partial charge in [-0.15, -0.1) is 0 Å². The quantitative estimate of drug-likeness (QED) is 0.655. The Labute approximate surface area is 140 Å². The molecule has 0 saturated carbocycles. The summed E-state index contributed by atoms with van der Waals surface area (Å²) >= 11 is 9.61. The Morgan fingerprint density at radius 3 is 2.57 bits per heavy atom. The van der Waals surface area contributed by atoms with Gasteiger partial charge in [-0.05, 0) is 65.0 Å². The molecule has 21 heavy (non-hydrogen) atoms. The van der Waals surface area contributed by atoms with Gasteiger partial charge in [-0.3, -0.25) is 0 Å². The number of nitrogens with one attached hydrogen (secondary N) is 1. The summed E-state index contributed by atoms with van der Waals surface area (Å²) in [6.07, 6.45) is 3.29. The predicted molar refractivity (Wildman–Crippen MR) is 94.9 cm³/mol. The Morgan fingerprint density at radius 2 is 1.90 bits per heavy atom. The minimum atomic E-state index is 0.360. The van der Waals surface area contributed by atoms with E-state index in [1.165, 1.54) is 11.1 Å². The van der Waals surface area contributed by atoms with Crippen molar-refractivity contribution in [3.63, 3.8) is 0 Å². The van der Waals surface area contributed by atoms with Crippen LogP contribution >= 0.6 is 27.5 Å². The van der Waals surface area contributed by atoms with E-state index in [-0.39, 0.29) is 0 Å². The summed E-state index contributed by atoms with van der Waals surface area (Å²) in [6, 6.07) is 17.2. The molecule has 0 saturated heterocycles. The van der Waals surface area contributed by atoms with E-state index >= 15 is 0 Å². The van der Waals surface area contributed by atoms with Gasteiger partial charge in [0.1, 0.15) is 0 Å². The molecule has 0 aromatic heterocycles. The first-order valence-electron chi connectivity index (χ1n) is 7.43. The lowest BCUT2D eigenvalue weighted by Crippen LogP contribution is -2.22. The maximum atomic E-state index is 6.10. The first-order chi connectivity index (χ1) is 10.2. The normalized spacial score (nSPS) is 12.3. The van der Waals surface area contributed by atoms with E-state index in [1.807, 2.05) is 6.07 Å². The number of aryl methyl sites for hydroxylation is 1. The van der Waals surface area contributed by atoms with Crippen LogP contribution in [0.25, 0.3) is 0 Å². The first kappa shape index (κ1) is 16.5. The second kappa shape index (κ2) is 8.57. The molecule has 0 heterocycles. The summed E-state index contributed by atoms with van der Waals surface area (Å²) in [5.74, 6) is 0. The largest absolute Gasteiger partial charge is 0.310 e. The van der Waals surface area contributed by atoms with Crippen molar-refractivity contribution < 1.29 is 0 Å². The molecule has 2 rings (SSSR count). The Morgan fingerprint density at radius 1 is 1.14 bits per heavy atom. The van der Waals surface area contributed by atoms with Crippen molar-refractivity contribution >= 4 is 27.5 Å². The van der Waals surface area contributed by atoms with Gasteiger partial charge in [0, 0.05) is 10.5 Å². The van der Waals surface area contributed by atoms with Crippen molar-refractivity contribution in [3.8, 4) is 0 Å². The molecule has 0 radical (unpaired) electrons. The van der Waals surface area contributed by atoms with Crippen LogP contribution in [-0.4, -0.2) is 6.54 Å². The zero-order valence-electron chi connectivity index (χ0n) is 12.3. The highest BCUT2D eigenvalue weighted by atomic mass is 79.9. The smallest absolute Gasteiger partial charge is 0.0548 e. The van der Waals surface area contributed by atoms with Crippen LogP contribution in [0.1, 0.15) is 36.9 Å². The van der Waals surface area contributed by atoms with Crippen molar-refractivity contribution in [1.29, 1.82) is 0 Å². The van der Waals surface area contributed by atoms with Crippen LogP contribution in [0, 0.1) is 0 Å². The van der Waals surface area contributed by atoms with Crippen LogP contribution in [0.15, 0.2) is 53.0 Å². The fourth-order valence-electron chi connectivity index (χ4n) is 2.39. The van der Waals surface area contributed by atoms with Crippen LogP contribution in [0.5, 0.6) is 0 Å². The fourth-order valence-corrected chi connectivity index (χ4v) is 2.90. The monoisotopic (exact) mass is 365 g/mol. The molecule has 0 bridgehead atoms. The zero-order chi connectivity index (χ0) is 15.1. The highest BCUT2D eigenvalue weighted by Gasteiger charge is 2.12. The van der Waals surface area contributed by atoms with Crippen molar-refractivity contribution in [2.45, 2.75) is 32.2 Å². The lowest BCUT2D eigenvalue weighted by Gasteiger charge is -2.19. The average Bonchev–Trinajstić information content (AvgIpc) is 2.51. The predicted octanol–water partition coefficient (Wildman–Crippen LogP) is 5.78. The summed E-state index contributed by atoms with van der Waals surface area (Å²) in [5, 5.41) is 4.40. The fraction of sp³-hybridized carbons (Fsp3) is 0.333. The molecule has 0 aliphatic rings. The van der Waals surface area contributed by atoms with E-state index in [2.05, 4.69) is 70.6 Å². The maximum Gasteiger partial charge on any atom is 0.0548 e. The second-order valence-electron chi connectivity index (χ2n) is 5.20. The van der Waals surface area contributed by atoms with Crippen molar-refractivity contribution in [2.24, 2.45) is 0 Å². The zero-order valence-corrected chi connectivity index (χ0v) is 14.6. The third-order valence-corrected chi connectivity index (χ3v) is 4.77. The molecule has 3 heteroatoms. The van der Waals surface area contributed by atoms with Gasteiger partial charge in [0.25, 0.3) is 0 Å². The van der Waals surface area contributed by atoms with Crippen molar-refractivity contribution in [2.75, 3.05) is 6.54 Å². The average molecular weight is 367 g/mol. The Kier molecular flexibility index (Phi) is 6.75. The van der Waals surface area contributed by atoms with Gasteiger partial charge >= 0.3 is 0 Å². The van der Waals surface area contributed by atoms with Gasteiger partial charge in [0.2, 0.25) is 0 Å². The topological polar surface area (TPSA) is 12.0 Å². The number of benzene rings is 2. The van der Waals surface area contributed by atoms with E-state index in [4.69, 9.17) is 11.6 Å². The molecular weight excluding hydrogens is 346 g/mol. The third kappa shape index (κ3) is 5.14. The molecule has 0 aliphatic carbocycles. The minimum Gasteiger partial charge on any atom is -0.310 e. The van der Waals surface area contributed by atoms with Gasteiger partial charge in [-0.25, -0.2) is 0 Å². The van der Waals surface area contributed by atoms with Gasteiger partial charge in [-0.2, -0.15) is 0 Å². The van der Waals surface area contributed by atoms with Crippen LogP contribution in [-0.2, 0) is 6.42 Å². The summed E-state index contributed by atoms with van der Waals surface area (Å²) in [5.41, 5.74) is 2.67. The van der Waals surface area contributed by atoms with Gasteiger partial charge < -0.3 is 5.32 Å². The van der Waals surface area contributed by atoms with E-state index < -0.39 is 0 Å². The number of hydrogen-bond donors (Lipinski definition) is 1. The van der Waals surface area contributed by atoms with E-state index in [1.54, 1.807) is 0 Å². The molecular formula is C18H21BrClN. The molecule has 1 N–H and O–H groups in total. The molecule has 0 amide bonds. The Balaban J connectivity index is 2.08. The van der Waals surface area contributed by atoms with Crippen molar-refractivity contribution in [1.82, 2.24) is 5.32 Å². The van der Waals surface area contributed by atoms with Crippen LogP contribution in [0.3, 0.4) is 0 Å². The van der Waals surface area contributed by atoms with Gasteiger partial charge in [-0.1, -0.05) is 54.9 Å². The SMILES string of the molecule is CCCNC(CCc1ccccc1)c1ccc(Cl)c(Br)c1. The molecule has 0 spiro atoms.